The summed E-state index contributed by atoms with van der Waals surface area (Å²) < 4.78 is 1.77. The van der Waals surface area contributed by atoms with Crippen molar-refractivity contribution >= 4 is 24.1 Å². The average Bonchev–Trinajstić information content (AvgIpc) is 2.89. The number of rotatable bonds is 4. The number of aromatic nitrogens is 2. The molecule has 1 saturated carbocycles. The molecule has 1 aromatic rings. The van der Waals surface area contributed by atoms with E-state index in [9.17, 15) is 4.79 Å². The molecule has 0 aliphatic heterocycles. The molecule has 2 atom stereocenters. The van der Waals surface area contributed by atoms with Crippen molar-refractivity contribution < 1.29 is 4.79 Å². The van der Waals surface area contributed by atoms with Crippen LogP contribution in [0.15, 0.2) is 12.3 Å². The van der Waals surface area contributed by atoms with Gasteiger partial charge in [0.2, 0.25) is 5.91 Å². The molecule has 3 N–H and O–H groups in total. The Balaban J connectivity index is 0.00000162. The molecule has 1 fully saturated rings. The van der Waals surface area contributed by atoms with Gasteiger partial charge in [0.1, 0.15) is 5.82 Å². The minimum Gasteiger partial charge on any atom is -0.327 e. The first-order chi connectivity index (χ1) is 8.20. The van der Waals surface area contributed by atoms with Crippen molar-refractivity contribution in [3.8, 4) is 0 Å². The molecule has 6 heteroatoms. The van der Waals surface area contributed by atoms with E-state index >= 15 is 0 Å². The van der Waals surface area contributed by atoms with E-state index in [1.807, 2.05) is 13.0 Å². The molecule has 102 valence electrons. The monoisotopic (exact) mass is 272 g/mol. The van der Waals surface area contributed by atoms with Crippen molar-refractivity contribution in [3.63, 3.8) is 0 Å². The first-order valence-electron chi connectivity index (χ1n) is 6.28. The van der Waals surface area contributed by atoms with Gasteiger partial charge in [-0.3, -0.25) is 4.79 Å². The maximum atomic E-state index is 11.9. The molecule has 2 rings (SSSR count). The first kappa shape index (κ1) is 15.0. The molecule has 0 unspecified atom stereocenters. The second-order valence-corrected chi connectivity index (χ2v) is 4.64. The van der Waals surface area contributed by atoms with E-state index in [2.05, 4.69) is 10.4 Å². The highest BCUT2D eigenvalue weighted by Gasteiger charge is 2.26. The zero-order chi connectivity index (χ0) is 12.3. The van der Waals surface area contributed by atoms with Crippen molar-refractivity contribution in [1.29, 1.82) is 0 Å². The molecule has 1 aliphatic carbocycles. The average molecular weight is 273 g/mol. The number of aryl methyl sites for hydroxylation is 1. The van der Waals surface area contributed by atoms with Crippen LogP contribution >= 0.6 is 12.4 Å². The predicted octanol–water partition coefficient (Wildman–Crippen LogP) is 1.78. The van der Waals surface area contributed by atoms with E-state index in [0.717, 1.165) is 31.6 Å². The standard InChI is InChI=1S/C12H20N4O.ClH/c1-2-16-11(6-7-14-16)15-12(17)8-9-4-3-5-10(9)13;/h6-7,9-10H,2-5,8,13H2,1H3,(H,15,17);1H/t9-,10+;/m0./s1. The summed E-state index contributed by atoms with van der Waals surface area (Å²) in [5, 5.41) is 7.01. The number of nitrogens with two attached hydrogens (primary N) is 1. The Kier molecular flexibility index (Phi) is 5.62. The van der Waals surface area contributed by atoms with Gasteiger partial charge in [-0.25, -0.2) is 4.68 Å². The van der Waals surface area contributed by atoms with Crippen molar-refractivity contribution in [2.75, 3.05) is 5.32 Å². The van der Waals surface area contributed by atoms with Crippen LogP contribution in [0.2, 0.25) is 0 Å². The molecular weight excluding hydrogens is 252 g/mol. The highest BCUT2D eigenvalue weighted by atomic mass is 35.5. The lowest BCUT2D eigenvalue weighted by Crippen LogP contribution is -2.28. The van der Waals surface area contributed by atoms with Gasteiger partial charge < -0.3 is 11.1 Å². The number of halogens is 1. The van der Waals surface area contributed by atoms with Gasteiger partial charge in [0, 0.05) is 25.1 Å². The number of hydrogen-bond donors (Lipinski definition) is 2. The number of hydrogen-bond acceptors (Lipinski definition) is 3. The largest absolute Gasteiger partial charge is 0.327 e. The van der Waals surface area contributed by atoms with Crippen molar-refractivity contribution in [1.82, 2.24) is 9.78 Å². The van der Waals surface area contributed by atoms with Crippen LogP contribution < -0.4 is 11.1 Å². The maximum Gasteiger partial charge on any atom is 0.225 e. The van der Waals surface area contributed by atoms with Crippen LogP contribution in [-0.2, 0) is 11.3 Å². The summed E-state index contributed by atoms with van der Waals surface area (Å²) >= 11 is 0. The minimum absolute atomic E-state index is 0. The number of nitrogens with one attached hydrogen (secondary N) is 1. The molecule has 0 spiro atoms. The second kappa shape index (κ2) is 6.75. The Hall–Kier alpha value is -1.07. The molecule has 0 radical (unpaired) electrons. The van der Waals surface area contributed by atoms with Crippen molar-refractivity contribution in [2.24, 2.45) is 11.7 Å². The smallest absolute Gasteiger partial charge is 0.225 e. The quantitative estimate of drug-likeness (QED) is 0.878. The summed E-state index contributed by atoms with van der Waals surface area (Å²) in [7, 11) is 0. The molecular formula is C12H21ClN4O. The van der Waals surface area contributed by atoms with Gasteiger partial charge in [-0.1, -0.05) is 6.42 Å². The van der Waals surface area contributed by atoms with Crippen molar-refractivity contribution in [3.05, 3.63) is 12.3 Å². The summed E-state index contributed by atoms with van der Waals surface area (Å²) in [5.41, 5.74) is 5.96. The number of anilines is 1. The lowest BCUT2D eigenvalue weighted by atomic mass is 10.00. The van der Waals surface area contributed by atoms with E-state index in [1.165, 1.54) is 0 Å². The van der Waals surface area contributed by atoms with E-state index in [0.29, 0.717) is 12.3 Å². The molecule has 1 amide bonds. The predicted molar refractivity (Wildman–Crippen MR) is 73.7 cm³/mol. The molecule has 0 saturated heterocycles. The highest BCUT2D eigenvalue weighted by Crippen LogP contribution is 2.27. The van der Waals surface area contributed by atoms with Crippen molar-refractivity contribution in [2.45, 2.75) is 45.2 Å². The molecule has 5 nitrogen and oxygen atoms in total. The maximum absolute atomic E-state index is 11.9. The fourth-order valence-corrected chi connectivity index (χ4v) is 2.44. The van der Waals surface area contributed by atoms with Gasteiger partial charge in [-0.15, -0.1) is 12.4 Å². The fourth-order valence-electron chi connectivity index (χ4n) is 2.44. The number of carbonyl (C=O) groups is 1. The van der Waals surface area contributed by atoms with Gasteiger partial charge in [0.05, 0.1) is 6.20 Å². The summed E-state index contributed by atoms with van der Waals surface area (Å²) in [6.07, 6.45) is 5.48. The van der Waals surface area contributed by atoms with Gasteiger partial charge in [-0.05, 0) is 25.7 Å². The zero-order valence-electron chi connectivity index (χ0n) is 10.6. The van der Waals surface area contributed by atoms with Gasteiger partial charge >= 0.3 is 0 Å². The van der Waals surface area contributed by atoms with Gasteiger partial charge in [-0.2, -0.15) is 5.10 Å². The van der Waals surface area contributed by atoms with Crippen LogP contribution in [0.5, 0.6) is 0 Å². The molecule has 18 heavy (non-hydrogen) atoms. The Morgan fingerprint density at radius 2 is 2.39 bits per heavy atom. The Morgan fingerprint density at radius 1 is 1.61 bits per heavy atom. The summed E-state index contributed by atoms with van der Waals surface area (Å²) in [4.78, 5) is 11.9. The molecule has 0 aromatic carbocycles. The van der Waals surface area contributed by atoms with E-state index in [1.54, 1.807) is 10.9 Å². The Labute approximate surface area is 114 Å². The van der Waals surface area contributed by atoms with E-state index in [-0.39, 0.29) is 24.4 Å². The second-order valence-electron chi connectivity index (χ2n) is 4.64. The third kappa shape index (κ3) is 3.46. The first-order valence-corrected chi connectivity index (χ1v) is 6.28. The summed E-state index contributed by atoms with van der Waals surface area (Å²) in [6.45, 7) is 2.75. The molecule has 1 aliphatic rings. The lowest BCUT2D eigenvalue weighted by Gasteiger charge is -2.14. The summed E-state index contributed by atoms with van der Waals surface area (Å²) in [6, 6.07) is 2.01. The van der Waals surface area contributed by atoms with Crippen LogP contribution in [0.25, 0.3) is 0 Å². The minimum atomic E-state index is 0. The number of carbonyl (C=O) groups excluding carboxylic acids is 1. The fraction of sp³-hybridized carbons (Fsp3) is 0.667. The van der Waals surface area contributed by atoms with E-state index < -0.39 is 0 Å². The molecule has 1 aromatic heterocycles. The third-order valence-electron chi connectivity index (χ3n) is 3.45. The summed E-state index contributed by atoms with van der Waals surface area (Å²) in [5.74, 6) is 1.15. The van der Waals surface area contributed by atoms with Crippen LogP contribution in [0.1, 0.15) is 32.6 Å². The van der Waals surface area contributed by atoms with Crippen LogP contribution in [-0.4, -0.2) is 21.7 Å². The van der Waals surface area contributed by atoms with Crippen LogP contribution in [0.3, 0.4) is 0 Å². The lowest BCUT2D eigenvalue weighted by molar-refractivity contribution is -0.117. The van der Waals surface area contributed by atoms with Gasteiger partial charge in [0.15, 0.2) is 0 Å². The third-order valence-corrected chi connectivity index (χ3v) is 3.45. The molecule has 0 bridgehead atoms. The highest BCUT2D eigenvalue weighted by molar-refractivity contribution is 5.90. The Bertz CT molecular complexity index is 393. The van der Waals surface area contributed by atoms with Crippen LogP contribution in [0, 0.1) is 5.92 Å². The Morgan fingerprint density at radius 3 is 3.00 bits per heavy atom. The topological polar surface area (TPSA) is 72.9 Å². The van der Waals surface area contributed by atoms with E-state index in [4.69, 9.17) is 5.73 Å². The number of nitrogens with zero attached hydrogens (tertiary/aromatic N) is 2. The molecule has 1 heterocycles. The SMILES string of the molecule is CCn1nccc1NC(=O)C[C@@H]1CCC[C@H]1N.Cl. The number of amides is 1. The zero-order valence-corrected chi connectivity index (χ0v) is 11.4. The van der Waals surface area contributed by atoms with Crippen LogP contribution in [0.4, 0.5) is 5.82 Å². The van der Waals surface area contributed by atoms with Gasteiger partial charge in [0.25, 0.3) is 0 Å². The normalized spacial score (nSPS) is 22.6.